The number of thiophene rings is 1. The minimum Gasteiger partial charge on any atom is -0.494 e. The molecule has 0 unspecified atom stereocenters. The number of rotatable bonds is 7. The van der Waals surface area contributed by atoms with Crippen LogP contribution in [0.4, 0.5) is 5.00 Å². The monoisotopic (exact) mass is 424 g/mol. The van der Waals surface area contributed by atoms with Crippen LogP contribution < -0.4 is 10.1 Å². The predicted molar refractivity (Wildman–Crippen MR) is 117 cm³/mol. The van der Waals surface area contributed by atoms with Gasteiger partial charge in [-0.1, -0.05) is 19.1 Å². The normalized spacial score (nSPS) is 13.2. The summed E-state index contributed by atoms with van der Waals surface area (Å²) in [6.07, 6.45) is 6.17. The Hall–Kier alpha value is -3.11. The number of esters is 1. The number of hydrogen-bond donors (Lipinski definition) is 1. The first-order valence-corrected chi connectivity index (χ1v) is 10.8. The fourth-order valence-electron chi connectivity index (χ4n) is 3.34. The van der Waals surface area contributed by atoms with E-state index >= 15 is 0 Å². The number of carbonyl (C=O) groups excluding carboxylic acids is 2. The molecule has 1 aromatic carbocycles. The molecule has 0 bridgehead atoms. The fraction of sp³-hybridized carbons (Fsp3) is 0.348. The first-order chi connectivity index (χ1) is 14.6. The lowest BCUT2D eigenvalue weighted by Gasteiger charge is -2.11. The number of carbonyl (C=O) groups is 2. The zero-order valence-electron chi connectivity index (χ0n) is 17.1. The van der Waals surface area contributed by atoms with Crippen LogP contribution in [-0.2, 0) is 22.4 Å². The highest BCUT2D eigenvalue weighted by atomic mass is 32.1. The van der Waals surface area contributed by atoms with Gasteiger partial charge in [0.15, 0.2) is 0 Å². The molecule has 1 aliphatic carbocycles. The summed E-state index contributed by atoms with van der Waals surface area (Å²) in [5.74, 6) is -0.272. The first kappa shape index (κ1) is 21.6. The highest BCUT2D eigenvalue weighted by Crippen LogP contribution is 2.38. The Kier molecular flexibility index (Phi) is 7.26. The molecule has 0 spiro atoms. The van der Waals surface area contributed by atoms with E-state index in [1.807, 2.05) is 13.0 Å². The third-order valence-corrected chi connectivity index (χ3v) is 6.02. The Balaban J connectivity index is 1.82. The second kappa shape index (κ2) is 10.1. The number of nitriles is 1. The molecule has 0 atom stereocenters. The largest absolute Gasteiger partial charge is 0.494 e. The molecule has 0 saturated heterocycles. The van der Waals surface area contributed by atoms with E-state index in [0.717, 1.165) is 48.3 Å². The number of nitrogens with zero attached hydrogens (tertiary/aromatic N) is 1. The van der Waals surface area contributed by atoms with Crippen molar-refractivity contribution in [3.63, 3.8) is 0 Å². The van der Waals surface area contributed by atoms with E-state index in [1.54, 1.807) is 24.3 Å². The van der Waals surface area contributed by atoms with Gasteiger partial charge in [-0.2, -0.15) is 5.26 Å². The SMILES string of the molecule is CCCOc1ccc(/C=C(\C#N)C(=O)Nc2sc3c(c2C(=O)OC)CCCC3)cc1. The third kappa shape index (κ3) is 4.89. The number of nitrogens with one attached hydrogen (secondary N) is 1. The molecule has 1 N–H and O–H groups in total. The molecule has 0 fully saturated rings. The number of ether oxygens (including phenoxy) is 2. The number of hydrogen-bond acceptors (Lipinski definition) is 6. The molecule has 3 rings (SSSR count). The lowest BCUT2D eigenvalue weighted by Crippen LogP contribution is -2.16. The van der Waals surface area contributed by atoms with Gasteiger partial charge in [-0.3, -0.25) is 4.79 Å². The van der Waals surface area contributed by atoms with Gasteiger partial charge < -0.3 is 14.8 Å². The maximum atomic E-state index is 12.8. The van der Waals surface area contributed by atoms with Crippen molar-refractivity contribution in [2.45, 2.75) is 39.0 Å². The average molecular weight is 425 g/mol. The number of anilines is 1. The van der Waals surface area contributed by atoms with Crippen molar-refractivity contribution in [3.8, 4) is 11.8 Å². The molecule has 0 saturated carbocycles. The van der Waals surface area contributed by atoms with Gasteiger partial charge in [0, 0.05) is 4.88 Å². The van der Waals surface area contributed by atoms with Gasteiger partial charge in [0.1, 0.15) is 22.4 Å². The Morgan fingerprint density at radius 2 is 1.97 bits per heavy atom. The van der Waals surface area contributed by atoms with E-state index in [4.69, 9.17) is 9.47 Å². The topological polar surface area (TPSA) is 88.4 Å². The zero-order chi connectivity index (χ0) is 21.5. The molecule has 0 aliphatic heterocycles. The van der Waals surface area contributed by atoms with Crippen molar-refractivity contribution >= 4 is 34.3 Å². The van der Waals surface area contributed by atoms with Crippen molar-refractivity contribution < 1.29 is 19.1 Å². The maximum Gasteiger partial charge on any atom is 0.341 e. The Bertz CT molecular complexity index is 999. The summed E-state index contributed by atoms with van der Waals surface area (Å²) < 4.78 is 10.5. The van der Waals surface area contributed by atoms with Gasteiger partial charge in [0.2, 0.25) is 0 Å². The third-order valence-electron chi connectivity index (χ3n) is 4.82. The highest BCUT2D eigenvalue weighted by Gasteiger charge is 2.27. The van der Waals surface area contributed by atoms with Crippen molar-refractivity contribution in [1.82, 2.24) is 0 Å². The molecule has 7 heteroatoms. The van der Waals surface area contributed by atoms with Gasteiger partial charge in [0.05, 0.1) is 19.3 Å². The Labute approximate surface area is 180 Å². The summed E-state index contributed by atoms with van der Waals surface area (Å²) in [6.45, 7) is 2.67. The summed E-state index contributed by atoms with van der Waals surface area (Å²) in [6, 6.07) is 9.14. The van der Waals surface area contributed by atoms with Crippen LogP contribution in [0.3, 0.4) is 0 Å². The predicted octanol–water partition coefficient (Wildman–Crippen LogP) is 4.75. The summed E-state index contributed by atoms with van der Waals surface area (Å²) in [4.78, 5) is 26.2. The van der Waals surface area contributed by atoms with Crippen LogP contribution in [0.2, 0.25) is 0 Å². The van der Waals surface area contributed by atoms with E-state index in [0.29, 0.717) is 22.7 Å². The number of benzene rings is 1. The van der Waals surface area contributed by atoms with Gasteiger partial charge in [-0.15, -0.1) is 11.3 Å². The summed E-state index contributed by atoms with van der Waals surface area (Å²) in [7, 11) is 1.33. The van der Waals surface area contributed by atoms with Gasteiger partial charge >= 0.3 is 5.97 Å². The van der Waals surface area contributed by atoms with Crippen molar-refractivity contribution in [2.75, 3.05) is 19.0 Å². The Morgan fingerprint density at radius 1 is 1.23 bits per heavy atom. The zero-order valence-corrected chi connectivity index (χ0v) is 17.9. The van der Waals surface area contributed by atoms with Crippen LogP contribution in [0.1, 0.15) is 52.5 Å². The maximum absolute atomic E-state index is 12.8. The number of fused-ring (bicyclic) bond motifs is 1. The lowest BCUT2D eigenvalue weighted by molar-refractivity contribution is -0.112. The molecular weight excluding hydrogens is 400 g/mol. The highest BCUT2D eigenvalue weighted by molar-refractivity contribution is 7.17. The quantitative estimate of drug-likeness (QED) is 0.394. The van der Waals surface area contributed by atoms with Crippen molar-refractivity contribution in [1.29, 1.82) is 5.26 Å². The molecule has 156 valence electrons. The summed E-state index contributed by atoms with van der Waals surface area (Å²) in [5.41, 5.74) is 2.04. The Morgan fingerprint density at radius 3 is 2.63 bits per heavy atom. The van der Waals surface area contributed by atoms with E-state index in [-0.39, 0.29) is 5.57 Å². The molecule has 1 heterocycles. The van der Waals surface area contributed by atoms with Crippen LogP contribution in [0.5, 0.6) is 5.75 Å². The van der Waals surface area contributed by atoms with E-state index in [2.05, 4.69) is 5.32 Å². The standard InChI is InChI=1S/C23H24N2O4S/c1-3-12-29-17-10-8-15(9-11-17)13-16(14-24)21(26)25-22-20(23(27)28-2)18-6-4-5-7-19(18)30-22/h8-11,13H,3-7,12H2,1-2H3,(H,25,26)/b16-13+. The molecule has 1 aliphatic rings. The van der Waals surface area contributed by atoms with Gasteiger partial charge in [0.25, 0.3) is 5.91 Å². The van der Waals surface area contributed by atoms with Crippen LogP contribution >= 0.6 is 11.3 Å². The van der Waals surface area contributed by atoms with E-state index in [1.165, 1.54) is 24.5 Å². The molecule has 0 radical (unpaired) electrons. The van der Waals surface area contributed by atoms with Crippen LogP contribution in [0, 0.1) is 11.3 Å². The number of methoxy groups -OCH3 is 1. The van der Waals surface area contributed by atoms with Crippen molar-refractivity contribution in [2.24, 2.45) is 0 Å². The summed E-state index contributed by atoms with van der Waals surface area (Å²) in [5, 5.41) is 12.7. The van der Waals surface area contributed by atoms with Crippen molar-refractivity contribution in [3.05, 3.63) is 51.4 Å². The van der Waals surface area contributed by atoms with Crippen LogP contribution in [-0.4, -0.2) is 25.6 Å². The van der Waals surface area contributed by atoms with E-state index in [9.17, 15) is 14.9 Å². The molecule has 1 aromatic heterocycles. The molecule has 2 aromatic rings. The lowest BCUT2D eigenvalue weighted by atomic mass is 9.95. The van der Waals surface area contributed by atoms with Gasteiger partial charge in [-0.05, 0) is 61.4 Å². The summed E-state index contributed by atoms with van der Waals surface area (Å²) >= 11 is 1.39. The smallest absolute Gasteiger partial charge is 0.341 e. The van der Waals surface area contributed by atoms with E-state index < -0.39 is 11.9 Å². The van der Waals surface area contributed by atoms with Gasteiger partial charge in [-0.25, -0.2) is 4.79 Å². The second-order valence-electron chi connectivity index (χ2n) is 6.95. The molecule has 6 nitrogen and oxygen atoms in total. The molecule has 30 heavy (non-hydrogen) atoms. The number of aryl methyl sites for hydroxylation is 1. The van der Waals surface area contributed by atoms with Crippen LogP contribution in [0.15, 0.2) is 29.8 Å². The molecule has 1 amide bonds. The number of amides is 1. The second-order valence-corrected chi connectivity index (χ2v) is 8.05. The fourth-order valence-corrected chi connectivity index (χ4v) is 4.61. The molecular formula is C23H24N2O4S. The average Bonchev–Trinajstić information content (AvgIpc) is 3.13. The van der Waals surface area contributed by atoms with Crippen LogP contribution in [0.25, 0.3) is 6.08 Å². The minimum absolute atomic E-state index is 0.0422. The first-order valence-electron chi connectivity index (χ1n) is 9.96. The minimum atomic E-state index is -0.549.